The Bertz CT molecular complexity index is 1000. The van der Waals surface area contributed by atoms with Crippen LogP contribution >= 0.6 is 11.3 Å². The van der Waals surface area contributed by atoms with Gasteiger partial charge in [0, 0.05) is 18.9 Å². The van der Waals surface area contributed by atoms with Crippen molar-refractivity contribution in [2.24, 2.45) is 0 Å². The number of nitrogens with one attached hydrogen (secondary N) is 1. The number of hydrogen-bond donors (Lipinski definition) is 1. The summed E-state index contributed by atoms with van der Waals surface area (Å²) in [5.74, 6) is 0. The largest absolute Gasteiger partial charge is 0.380 e. The van der Waals surface area contributed by atoms with Crippen molar-refractivity contribution in [3.05, 3.63) is 56.4 Å². The van der Waals surface area contributed by atoms with Crippen molar-refractivity contribution >= 4 is 22.0 Å². The molecular formula is C17H17N5O2S. The van der Waals surface area contributed by atoms with E-state index in [2.05, 4.69) is 21.5 Å². The highest BCUT2D eigenvalue weighted by Crippen LogP contribution is 2.17. The van der Waals surface area contributed by atoms with Crippen LogP contribution in [0.25, 0.3) is 4.96 Å². The van der Waals surface area contributed by atoms with Crippen LogP contribution in [0.5, 0.6) is 0 Å². The molecule has 7 nitrogen and oxygen atoms in total. The predicted octanol–water partition coefficient (Wildman–Crippen LogP) is 2.34. The number of nitriles is 1. The normalized spacial score (nSPS) is 10.8. The molecule has 3 rings (SSSR count). The van der Waals surface area contributed by atoms with Crippen molar-refractivity contribution in [1.82, 2.24) is 14.6 Å². The lowest BCUT2D eigenvalue weighted by molar-refractivity contribution is 0.184. The lowest BCUT2D eigenvalue weighted by Crippen LogP contribution is -2.16. The fraction of sp³-hybridized carbons (Fsp3) is 0.294. The zero-order chi connectivity index (χ0) is 17.8. The van der Waals surface area contributed by atoms with Gasteiger partial charge in [0.2, 0.25) is 4.96 Å². The minimum Gasteiger partial charge on any atom is -0.380 e. The van der Waals surface area contributed by atoms with Crippen LogP contribution in [0.15, 0.2) is 29.1 Å². The number of aromatic nitrogens is 3. The fourth-order valence-electron chi connectivity index (χ4n) is 2.39. The van der Waals surface area contributed by atoms with Crippen LogP contribution in [0, 0.1) is 11.3 Å². The van der Waals surface area contributed by atoms with Crippen LogP contribution in [0.2, 0.25) is 0 Å². The van der Waals surface area contributed by atoms with Gasteiger partial charge in [-0.25, -0.2) is 4.98 Å². The smallest absolute Gasteiger partial charge is 0.275 e. The SMILES string of the molecule is CCc1nn2c(=O)cc(CNc3ccc(COC)c(C#N)c3)nc2s1. The maximum Gasteiger partial charge on any atom is 0.275 e. The molecule has 0 saturated carbocycles. The second-order valence-electron chi connectivity index (χ2n) is 5.40. The van der Waals surface area contributed by atoms with Crippen molar-refractivity contribution in [3.8, 4) is 6.07 Å². The van der Waals surface area contributed by atoms with E-state index in [0.717, 1.165) is 22.7 Å². The molecule has 128 valence electrons. The molecule has 2 heterocycles. The summed E-state index contributed by atoms with van der Waals surface area (Å²) in [6.07, 6.45) is 0.770. The standard InChI is InChI=1S/C17H17N5O2S/c1-3-15-21-22-16(23)7-14(20-17(22)25-15)9-19-13-5-4-11(10-24-2)12(6-13)8-18/h4-7,19H,3,9-10H2,1-2H3. The molecule has 0 radical (unpaired) electrons. The second-order valence-corrected chi connectivity index (χ2v) is 6.44. The number of anilines is 1. The van der Waals surface area contributed by atoms with Crippen molar-refractivity contribution in [2.75, 3.05) is 12.4 Å². The molecule has 0 atom stereocenters. The van der Waals surface area contributed by atoms with E-state index in [1.54, 1.807) is 13.2 Å². The molecule has 0 spiro atoms. The summed E-state index contributed by atoms with van der Waals surface area (Å²) in [5.41, 5.74) is 2.63. The van der Waals surface area contributed by atoms with Gasteiger partial charge in [0.15, 0.2) is 0 Å². The van der Waals surface area contributed by atoms with Crippen molar-refractivity contribution in [1.29, 1.82) is 5.26 Å². The van der Waals surface area contributed by atoms with Crippen LogP contribution in [0.3, 0.4) is 0 Å². The minimum atomic E-state index is -0.189. The lowest BCUT2D eigenvalue weighted by Gasteiger charge is -2.09. The van der Waals surface area contributed by atoms with E-state index in [1.165, 1.54) is 21.9 Å². The third kappa shape index (κ3) is 3.68. The van der Waals surface area contributed by atoms with Gasteiger partial charge in [-0.2, -0.15) is 14.9 Å². The molecule has 0 aliphatic carbocycles. The molecular weight excluding hydrogens is 338 g/mol. The first-order chi connectivity index (χ1) is 12.1. The molecule has 1 N–H and O–H groups in total. The highest BCUT2D eigenvalue weighted by Gasteiger charge is 2.08. The summed E-state index contributed by atoms with van der Waals surface area (Å²) in [6.45, 7) is 2.77. The molecule has 0 unspecified atom stereocenters. The minimum absolute atomic E-state index is 0.189. The van der Waals surface area contributed by atoms with Gasteiger partial charge in [-0.05, 0) is 24.1 Å². The molecule has 25 heavy (non-hydrogen) atoms. The quantitative estimate of drug-likeness (QED) is 0.730. The Balaban J connectivity index is 1.80. The maximum absolute atomic E-state index is 12.1. The molecule has 3 aromatic rings. The summed E-state index contributed by atoms with van der Waals surface area (Å²) in [5, 5.41) is 17.5. The van der Waals surface area contributed by atoms with Gasteiger partial charge in [-0.1, -0.05) is 24.3 Å². The zero-order valence-electron chi connectivity index (χ0n) is 13.9. The third-order valence-electron chi connectivity index (χ3n) is 3.65. The molecule has 0 aliphatic rings. The fourth-order valence-corrected chi connectivity index (χ4v) is 3.25. The summed E-state index contributed by atoms with van der Waals surface area (Å²) < 4.78 is 6.42. The van der Waals surface area contributed by atoms with E-state index in [-0.39, 0.29) is 5.56 Å². The third-order valence-corrected chi connectivity index (χ3v) is 4.70. The molecule has 8 heteroatoms. The van der Waals surface area contributed by atoms with E-state index in [0.29, 0.717) is 29.4 Å². The van der Waals surface area contributed by atoms with Gasteiger partial charge in [0.25, 0.3) is 5.56 Å². The van der Waals surface area contributed by atoms with E-state index < -0.39 is 0 Å². The van der Waals surface area contributed by atoms with Crippen LogP contribution in [0.1, 0.15) is 28.8 Å². The average Bonchev–Trinajstić information content (AvgIpc) is 3.05. The molecule has 0 bridgehead atoms. The van der Waals surface area contributed by atoms with Crippen LogP contribution in [-0.2, 0) is 24.3 Å². The Kier molecular flexibility index (Phi) is 5.07. The number of methoxy groups -OCH3 is 1. The zero-order valence-corrected chi connectivity index (χ0v) is 14.8. The highest BCUT2D eigenvalue weighted by atomic mass is 32.1. The van der Waals surface area contributed by atoms with Gasteiger partial charge in [-0.3, -0.25) is 4.79 Å². The Labute approximate surface area is 148 Å². The van der Waals surface area contributed by atoms with Gasteiger partial charge >= 0.3 is 0 Å². The Morgan fingerprint density at radius 2 is 2.24 bits per heavy atom. The first-order valence-electron chi connectivity index (χ1n) is 7.79. The van der Waals surface area contributed by atoms with E-state index in [4.69, 9.17) is 4.74 Å². The van der Waals surface area contributed by atoms with E-state index in [1.807, 2.05) is 19.1 Å². The Hall–Kier alpha value is -2.76. The summed E-state index contributed by atoms with van der Waals surface area (Å²) in [4.78, 5) is 17.2. The summed E-state index contributed by atoms with van der Waals surface area (Å²) in [7, 11) is 1.59. The van der Waals surface area contributed by atoms with Crippen LogP contribution in [0.4, 0.5) is 5.69 Å². The molecule has 1 aromatic carbocycles. The molecule has 0 amide bonds. The van der Waals surface area contributed by atoms with Gasteiger partial charge in [-0.15, -0.1) is 0 Å². The first kappa shape index (κ1) is 17.1. The topological polar surface area (TPSA) is 92.3 Å². The molecule has 2 aromatic heterocycles. The number of fused-ring (bicyclic) bond motifs is 1. The van der Waals surface area contributed by atoms with E-state index >= 15 is 0 Å². The van der Waals surface area contributed by atoms with Crippen molar-refractivity contribution < 1.29 is 4.74 Å². The van der Waals surface area contributed by atoms with Gasteiger partial charge in [0.05, 0.1) is 30.5 Å². The molecule has 0 fully saturated rings. The lowest BCUT2D eigenvalue weighted by atomic mass is 10.1. The maximum atomic E-state index is 12.1. The van der Waals surface area contributed by atoms with Crippen LogP contribution in [-0.4, -0.2) is 21.7 Å². The van der Waals surface area contributed by atoms with Crippen molar-refractivity contribution in [2.45, 2.75) is 26.5 Å². The Morgan fingerprint density at radius 3 is 2.96 bits per heavy atom. The van der Waals surface area contributed by atoms with Crippen LogP contribution < -0.4 is 10.9 Å². The Morgan fingerprint density at radius 1 is 1.40 bits per heavy atom. The summed E-state index contributed by atoms with van der Waals surface area (Å²) >= 11 is 1.42. The summed E-state index contributed by atoms with van der Waals surface area (Å²) in [6, 6.07) is 9.14. The monoisotopic (exact) mass is 355 g/mol. The second kappa shape index (κ2) is 7.42. The molecule has 0 aliphatic heterocycles. The molecule has 0 saturated heterocycles. The van der Waals surface area contributed by atoms with Crippen molar-refractivity contribution in [3.63, 3.8) is 0 Å². The number of hydrogen-bond acceptors (Lipinski definition) is 7. The first-order valence-corrected chi connectivity index (χ1v) is 8.60. The number of ether oxygens (including phenoxy) is 1. The number of aryl methyl sites for hydroxylation is 1. The number of nitrogens with zero attached hydrogens (tertiary/aromatic N) is 4. The average molecular weight is 355 g/mol. The van der Waals surface area contributed by atoms with Gasteiger partial charge < -0.3 is 10.1 Å². The number of benzene rings is 1. The highest BCUT2D eigenvalue weighted by molar-refractivity contribution is 7.16. The number of rotatable bonds is 6. The van der Waals surface area contributed by atoms with E-state index in [9.17, 15) is 10.1 Å². The predicted molar refractivity (Wildman–Crippen MR) is 95.7 cm³/mol. The van der Waals surface area contributed by atoms with Gasteiger partial charge in [0.1, 0.15) is 5.01 Å².